The highest BCUT2D eigenvalue weighted by atomic mass is 19.3. The summed E-state index contributed by atoms with van der Waals surface area (Å²) < 4.78 is 31.9. The number of rotatable bonds is 1. The van der Waals surface area contributed by atoms with E-state index in [1.165, 1.54) is 0 Å². The van der Waals surface area contributed by atoms with E-state index in [9.17, 15) is 18.4 Å². The van der Waals surface area contributed by atoms with Crippen molar-refractivity contribution in [1.29, 1.82) is 0 Å². The Bertz CT molecular complexity index is 481. The molecule has 138 valence electrons. The van der Waals surface area contributed by atoms with Gasteiger partial charge in [0.2, 0.25) is 11.8 Å². The van der Waals surface area contributed by atoms with E-state index in [2.05, 4.69) is 0 Å². The zero-order valence-corrected chi connectivity index (χ0v) is 15.0. The van der Waals surface area contributed by atoms with Gasteiger partial charge in [0.25, 0.3) is 0 Å². The lowest BCUT2D eigenvalue weighted by atomic mass is 9.85. The lowest BCUT2D eigenvalue weighted by Gasteiger charge is -2.42. The maximum Gasteiger partial charge on any atom is 0.410 e. The van der Waals surface area contributed by atoms with Crippen molar-refractivity contribution in [3.05, 3.63) is 0 Å². The Morgan fingerprint density at radius 2 is 1.71 bits per heavy atom. The first-order valence-electron chi connectivity index (χ1n) is 8.65. The molecule has 7 heteroatoms. The minimum atomic E-state index is -2.63. The molecule has 2 rings (SSSR count). The zero-order chi connectivity index (χ0) is 18.1. The fourth-order valence-electron chi connectivity index (χ4n) is 3.30. The SMILES string of the molecule is CC1CN(C(=O)OC(C)(C)C)CCN1C(=O)C1CCC(F)(F)CC1. The minimum absolute atomic E-state index is 0.0539. The highest BCUT2D eigenvalue weighted by molar-refractivity contribution is 5.79. The lowest BCUT2D eigenvalue weighted by molar-refractivity contribution is -0.144. The first-order chi connectivity index (χ1) is 11.0. The monoisotopic (exact) mass is 346 g/mol. The molecule has 0 radical (unpaired) electrons. The van der Waals surface area contributed by atoms with Crippen molar-refractivity contribution in [2.45, 2.75) is 70.9 Å². The van der Waals surface area contributed by atoms with Crippen LogP contribution in [0.15, 0.2) is 0 Å². The van der Waals surface area contributed by atoms with Gasteiger partial charge in [-0.3, -0.25) is 4.79 Å². The number of ether oxygens (including phenoxy) is 1. The van der Waals surface area contributed by atoms with Gasteiger partial charge in [0, 0.05) is 44.4 Å². The first kappa shape index (κ1) is 18.9. The molecule has 0 aromatic heterocycles. The van der Waals surface area contributed by atoms with Gasteiger partial charge in [-0.15, -0.1) is 0 Å². The second-order valence-electron chi connectivity index (χ2n) is 7.94. The van der Waals surface area contributed by atoms with Gasteiger partial charge in [-0.1, -0.05) is 0 Å². The zero-order valence-electron chi connectivity index (χ0n) is 15.0. The van der Waals surface area contributed by atoms with Gasteiger partial charge in [0.15, 0.2) is 0 Å². The van der Waals surface area contributed by atoms with Crippen molar-refractivity contribution in [1.82, 2.24) is 9.80 Å². The molecule has 1 heterocycles. The van der Waals surface area contributed by atoms with Gasteiger partial charge in [0.1, 0.15) is 5.60 Å². The topological polar surface area (TPSA) is 49.9 Å². The van der Waals surface area contributed by atoms with Crippen molar-refractivity contribution >= 4 is 12.0 Å². The molecule has 5 nitrogen and oxygen atoms in total. The average Bonchev–Trinajstić information content (AvgIpc) is 2.44. The number of hydrogen-bond donors (Lipinski definition) is 0. The summed E-state index contributed by atoms with van der Waals surface area (Å²) in [5.41, 5.74) is -0.555. The number of nitrogens with zero attached hydrogens (tertiary/aromatic N) is 2. The Hall–Kier alpha value is -1.40. The van der Waals surface area contributed by atoms with E-state index in [-0.39, 0.29) is 49.6 Å². The summed E-state index contributed by atoms with van der Waals surface area (Å²) in [4.78, 5) is 28.1. The largest absolute Gasteiger partial charge is 0.444 e. The quantitative estimate of drug-likeness (QED) is 0.732. The number of carbonyl (C=O) groups excluding carboxylic acids is 2. The van der Waals surface area contributed by atoms with Crippen LogP contribution in [0.4, 0.5) is 13.6 Å². The van der Waals surface area contributed by atoms with E-state index in [0.29, 0.717) is 19.6 Å². The van der Waals surface area contributed by atoms with Gasteiger partial charge in [0.05, 0.1) is 0 Å². The molecule has 24 heavy (non-hydrogen) atoms. The Kier molecular flexibility index (Phi) is 5.40. The molecule has 0 aromatic carbocycles. The van der Waals surface area contributed by atoms with Crippen molar-refractivity contribution in [2.24, 2.45) is 5.92 Å². The Balaban J connectivity index is 1.89. The molecule has 1 aliphatic heterocycles. The van der Waals surface area contributed by atoms with Crippen LogP contribution in [0.3, 0.4) is 0 Å². The van der Waals surface area contributed by atoms with E-state index in [1.807, 2.05) is 27.7 Å². The fourth-order valence-corrected chi connectivity index (χ4v) is 3.30. The molecule has 2 aliphatic rings. The molecule has 1 unspecified atom stereocenters. The van der Waals surface area contributed by atoms with Crippen molar-refractivity contribution < 1.29 is 23.1 Å². The number of carbonyl (C=O) groups is 2. The number of hydrogen-bond acceptors (Lipinski definition) is 3. The molecule has 0 N–H and O–H groups in total. The third kappa shape index (κ3) is 4.80. The normalized spacial score (nSPS) is 25.5. The Morgan fingerprint density at radius 1 is 1.12 bits per heavy atom. The van der Waals surface area contributed by atoms with Crippen molar-refractivity contribution in [3.63, 3.8) is 0 Å². The van der Waals surface area contributed by atoms with Gasteiger partial charge in [-0.05, 0) is 40.5 Å². The van der Waals surface area contributed by atoms with E-state index in [1.54, 1.807) is 9.80 Å². The smallest absolute Gasteiger partial charge is 0.410 e. The maximum absolute atomic E-state index is 13.3. The maximum atomic E-state index is 13.3. The van der Waals surface area contributed by atoms with Crippen LogP contribution in [0.25, 0.3) is 0 Å². The molecular formula is C17H28F2N2O3. The summed E-state index contributed by atoms with van der Waals surface area (Å²) in [7, 11) is 0. The number of alkyl halides is 2. The van der Waals surface area contributed by atoms with Crippen LogP contribution < -0.4 is 0 Å². The first-order valence-corrected chi connectivity index (χ1v) is 8.65. The summed E-state index contributed by atoms with van der Waals surface area (Å²) in [6, 6.07) is -0.138. The second-order valence-corrected chi connectivity index (χ2v) is 7.94. The summed E-state index contributed by atoms with van der Waals surface area (Å²) in [5, 5.41) is 0. The molecule has 1 aliphatic carbocycles. The Morgan fingerprint density at radius 3 is 2.21 bits per heavy atom. The standard InChI is InChI=1S/C17H28F2N2O3/c1-12-11-20(15(23)24-16(2,3)4)9-10-21(12)14(22)13-5-7-17(18,19)8-6-13/h12-13H,5-11H2,1-4H3. The van der Waals surface area contributed by atoms with Crippen LogP contribution in [0, 0.1) is 5.92 Å². The molecule has 0 aromatic rings. The van der Waals surface area contributed by atoms with Crippen molar-refractivity contribution in [2.75, 3.05) is 19.6 Å². The highest BCUT2D eigenvalue weighted by Crippen LogP contribution is 2.37. The van der Waals surface area contributed by atoms with E-state index >= 15 is 0 Å². The average molecular weight is 346 g/mol. The summed E-state index contributed by atoms with van der Waals surface area (Å²) in [6.07, 6.45) is -0.320. The molecule has 0 bridgehead atoms. The summed E-state index contributed by atoms with van der Waals surface area (Å²) >= 11 is 0. The summed E-state index contributed by atoms with van der Waals surface area (Å²) in [5.74, 6) is -3.00. The predicted octanol–water partition coefficient (Wildman–Crippen LogP) is 3.28. The van der Waals surface area contributed by atoms with Crippen LogP contribution in [0.2, 0.25) is 0 Å². The number of halogens is 2. The second kappa shape index (κ2) is 6.84. The highest BCUT2D eigenvalue weighted by Gasteiger charge is 2.40. The molecular weight excluding hydrogens is 318 g/mol. The van der Waals surface area contributed by atoms with Crippen molar-refractivity contribution in [3.8, 4) is 0 Å². The molecule has 1 saturated heterocycles. The molecule has 2 fully saturated rings. The van der Waals surface area contributed by atoms with E-state index < -0.39 is 11.5 Å². The molecule has 1 saturated carbocycles. The third-order valence-corrected chi connectivity index (χ3v) is 4.63. The molecule has 1 atom stereocenters. The third-order valence-electron chi connectivity index (χ3n) is 4.63. The van der Waals surface area contributed by atoms with Gasteiger partial charge in [-0.2, -0.15) is 0 Å². The predicted molar refractivity (Wildman–Crippen MR) is 85.9 cm³/mol. The van der Waals surface area contributed by atoms with Crippen LogP contribution in [0.5, 0.6) is 0 Å². The molecule has 2 amide bonds. The summed E-state index contributed by atoms with van der Waals surface area (Å²) in [6.45, 7) is 8.56. The van der Waals surface area contributed by atoms with E-state index in [4.69, 9.17) is 4.74 Å². The molecule has 0 spiro atoms. The minimum Gasteiger partial charge on any atom is -0.444 e. The number of amides is 2. The van der Waals surface area contributed by atoms with Crippen LogP contribution in [-0.4, -0.2) is 59.0 Å². The van der Waals surface area contributed by atoms with Crippen LogP contribution in [0.1, 0.15) is 53.4 Å². The van der Waals surface area contributed by atoms with Crippen LogP contribution in [-0.2, 0) is 9.53 Å². The lowest BCUT2D eigenvalue weighted by Crippen LogP contribution is -2.57. The van der Waals surface area contributed by atoms with E-state index in [0.717, 1.165) is 0 Å². The van der Waals surface area contributed by atoms with Gasteiger partial charge < -0.3 is 14.5 Å². The van der Waals surface area contributed by atoms with Gasteiger partial charge in [-0.25, -0.2) is 13.6 Å². The van der Waals surface area contributed by atoms with Crippen LogP contribution >= 0.6 is 0 Å². The Labute approximate surface area is 142 Å². The van der Waals surface area contributed by atoms with Gasteiger partial charge >= 0.3 is 6.09 Å². The number of piperazine rings is 1. The fraction of sp³-hybridized carbons (Fsp3) is 0.882.